The number of hydrogen-bond donors (Lipinski definition) is 1. The van der Waals surface area contributed by atoms with Crippen molar-refractivity contribution in [2.75, 3.05) is 25.0 Å². The minimum Gasteiger partial charge on any atom is -0.384 e. The van der Waals surface area contributed by atoms with Gasteiger partial charge in [-0.25, -0.2) is 0 Å². The molecule has 0 atom stereocenters. The maximum absolute atomic E-state index is 12.5. The van der Waals surface area contributed by atoms with Crippen molar-refractivity contribution in [3.8, 4) is 0 Å². The second-order valence-electron chi connectivity index (χ2n) is 6.40. The maximum Gasteiger partial charge on any atom is 0.271 e. The average Bonchev–Trinajstić information content (AvgIpc) is 2.67. The topological polar surface area (TPSA) is 75.5 Å². The Balaban J connectivity index is 1.50. The zero-order valence-electron chi connectivity index (χ0n) is 14.2. The number of nitrogens with one attached hydrogen (secondary N) is 1. The molecule has 2 aromatic rings. The van der Waals surface area contributed by atoms with E-state index >= 15 is 0 Å². The molecule has 1 saturated heterocycles. The molecule has 0 bridgehead atoms. The van der Waals surface area contributed by atoms with Crippen LogP contribution in [-0.2, 0) is 0 Å². The van der Waals surface area contributed by atoms with Crippen LogP contribution in [-0.4, -0.2) is 35.4 Å². The predicted octanol–water partition coefficient (Wildman–Crippen LogP) is 4.21. The predicted molar refractivity (Wildman–Crippen MR) is 102 cm³/mol. The molecule has 1 aliphatic rings. The summed E-state index contributed by atoms with van der Waals surface area (Å²) in [5.74, 6) is 0.511. The molecule has 26 heavy (non-hydrogen) atoms. The highest BCUT2D eigenvalue weighted by atomic mass is 35.5. The smallest absolute Gasteiger partial charge is 0.271 e. The maximum atomic E-state index is 12.5. The summed E-state index contributed by atoms with van der Waals surface area (Å²) in [5, 5.41) is 14.4. The van der Waals surface area contributed by atoms with Crippen molar-refractivity contribution < 1.29 is 9.72 Å². The van der Waals surface area contributed by atoms with Crippen LogP contribution in [0.1, 0.15) is 23.2 Å². The molecule has 1 aliphatic heterocycles. The SMILES string of the molecule is O=C(c1ccccc1)N1CCC(CNc2ccc([N+](=O)[O-])cc2Cl)CC1. The minimum atomic E-state index is -0.463. The molecular weight excluding hydrogens is 354 g/mol. The van der Waals surface area contributed by atoms with Gasteiger partial charge in [-0.05, 0) is 37.0 Å². The van der Waals surface area contributed by atoms with Gasteiger partial charge in [-0.15, -0.1) is 0 Å². The first-order valence-electron chi connectivity index (χ1n) is 8.56. The Bertz CT molecular complexity index is 790. The summed E-state index contributed by atoms with van der Waals surface area (Å²) < 4.78 is 0. The van der Waals surface area contributed by atoms with Gasteiger partial charge in [-0.2, -0.15) is 0 Å². The standard InChI is InChI=1S/C19H20ClN3O3/c20-17-12-16(23(25)26)6-7-18(17)21-13-14-8-10-22(11-9-14)19(24)15-4-2-1-3-5-15/h1-7,12,14,21H,8-11,13H2. The van der Waals surface area contributed by atoms with Crippen LogP contribution in [0.5, 0.6) is 0 Å². The fourth-order valence-corrected chi connectivity index (χ4v) is 3.36. The lowest BCUT2D eigenvalue weighted by atomic mass is 9.96. The molecule has 2 aromatic carbocycles. The van der Waals surface area contributed by atoms with Gasteiger partial charge in [0.05, 0.1) is 15.6 Å². The Morgan fingerprint density at radius 1 is 1.19 bits per heavy atom. The highest BCUT2D eigenvalue weighted by molar-refractivity contribution is 6.33. The fourth-order valence-electron chi connectivity index (χ4n) is 3.12. The molecule has 1 amide bonds. The van der Waals surface area contributed by atoms with Crippen molar-refractivity contribution in [2.24, 2.45) is 5.92 Å². The van der Waals surface area contributed by atoms with Crippen molar-refractivity contribution in [3.63, 3.8) is 0 Å². The van der Waals surface area contributed by atoms with Crippen LogP contribution in [0.25, 0.3) is 0 Å². The molecule has 0 unspecified atom stereocenters. The average molecular weight is 374 g/mol. The first-order chi connectivity index (χ1) is 12.5. The lowest BCUT2D eigenvalue weighted by Gasteiger charge is -2.32. The van der Waals surface area contributed by atoms with Crippen molar-refractivity contribution in [1.29, 1.82) is 0 Å². The molecule has 0 aliphatic carbocycles. The minimum absolute atomic E-state index is 0.0201. The van der Waals surface area contributed by atoms with Crippen molar-refractivity contribution in [1.82, 2.24) is 4.90 Å². The molecule has 1 heterocycles. The van der Waals surface area contributed by atoms with Crippen molar-refractivity contribution in [3.05, 3.63) is 69.2 Å². The highest BCUT2D eigenvalue weighted by Crippen LogP contribution is 2.28. The second kappa shape index (κ2) is 8.19. The number of carbonyl (C=O) groups is 1. The number of nitrogens with zero attached hydrogens (tertiary/aromatic N) is 2. The summed E-state index contributed by atoms with van der Waals surface area (Å²) in [7, 11) is 0. The summed E-state index contributed by atoms with van der Waals surface area (Å²) in [6.07, 6.45) is 1.83. The van der Waals surface area contributed by atoms with Gasteiger partial charge in [0.2, 0.25) is 0 Å². The molecule has 7 heteroatoms. The molecule has 1 N–H and O–H groups in total. The number of nitro benzene ring substituents is 1. The first-order valence-corrected chi connectivity index (χ1v) is 8.94. The van der Waals surface area contributed by atoms with Gasteiger partial charge in [0, 0.05) is 37.3 Å². The summed E-state index contributed by atoms with van der Waals surface area (Å²) in [5.41, 5.74) is 1.40. The Hall–Kier alpha value is -2.60. The van der Waals surface area contributed by atoms with Gasteiger partial charge in [0.1, 0.15) is 0 Å². The van der Waals surface area contributed by atoms with E-state index in [0.29, 0.717) is 16.6 Å². The molecule has 0 radical (unpaired) electrons. The number of amides is 1. The summed E-state index contributed by atoms with van der Waals surface area (Å²) in [6.45, 7) is 2.19. The summed E-state index contributed by atoms with van der Waals surface area (Å²) >= 11 is 6.10. The molecule has 0 saturated carbocycles. The van der Waals surface area contributed by atoms with Crippen LogP contribution >= 0.6 is 11.6 Å². The van der Waals surface area contributed by atoms with Gasteiger partial charge in [-0.3, -0.25) is 14.9 Å². The van der Waals surface area contributed by atoms with E-state index in [-0.39, 0.29) is 11.6 Å². The number of carbonyl (C=O) groups excluding carboxylic acids is 1. The van der Waals surface area contributed by atoms with E-state index in [1.165, 1.54) is 12.1 Å². The number of non-ortho nitro benzene ring substituents is 1. The van der Waals surface area contributed by atoms with Gasteiger partial charge < -0.3 is 10.2 Å². The number of anilines is 1. The van der Waals surface area contributed by atoms with E-state index < -0.39 is 4.92 Å². The number of benzene rings is 2. The van der Waals surface area contributed by atoms with E-state index in [2.05, 4.69) is 5.32 Å². The van der Waals surface area contributed by atoms with Crippen molar-refractivity contribution in [2.45, 2.75) is 12.8 Å². The Labute approximate surface area is 156 Å². The van der Waals surface area contributed by atoms with Crippen LogP contribution in [0.4, 0.5) is 11.4 Å². The number of piperidine rings is 1. The molecule has 3 rings (SSSR count). The van der Waals surface area contributed by atoms with Gasteiger partial charge in [-0.1, -0.05) is 29.8 Å². The normalized spacial score (nSPS) is 14.9. The quantitative estimate of drug-likeness (QED) is 0.629. The number of nitro groups is 1. The fraction of sp³-hybridized carbons (Fsp3) is 0.316. The lowest BCUT2D eigenvalue weighted by Crippen LogP contribution is -2.39. The zero-order valence-corrected chi connectivity index (χ0v) is 15.0. The van der Waals surface area contributed by atoms with Gasteiger partial charge in [0.15, 0.2) is 0 Å². The number of likely N-dealkylation sites (tertiary alicyclic amines) is 1. The van der Waals surface area contributed by atoms with Crippen LogP contribution in [0.15, 0.2) is 48.5 Å². The van der Waals surface area contributed by atoms with E-state index in [0.717, 1.165) is 38.0 Å². The molecule has 136 valence electrons. The molecule has 1 fully saturated rings. The van der Waals surface area contributed by atoms with Crippen LogP contribution in [0, 0.1) is 16.0 Å². The summed E-state index contributed by atoms with van der Waals surface area (Å²) in [6, 6.07) is 13.8. The Morgan fingerprint density at radius 2 is 1.88 bits per heavy atom. The number of halogens is 1. The Kier molecular flexibility index (Phi) is 5.73. The largest absolute Gasteiger partial charge is 0.384 e. The molecule has 6 nitrogen and oxygen atoms in total. The second-order valence-corrected chi connectivity index (χ2v) is 6.81. The van der Waals surface area contributed by atoms with Gasteiger partial charge in [0.25, 0.3) is 11.6 Å². The third-order valence-corrected chi connectivity index (χ3v) is 4.98. The lowest BCUT2D eigenvalue weighted by molar-refractivity contribution is -0.384. The van der Waals surface area contributed by atoms with Crippen LogP contribution < -0.4 is 5.32 Å². The third kappa shape index (κ3) is 4.32. The van der Waals surface area contributed by atoms with E-state index in [1.807, 2.05) is 35.2 Å². The monoisotopic (exact) mass is 373 g/mol. The third-order valence-electron chi connectivity index (χ3n) is 4.67. The Morgan fingerprint density at radius 3 is 2.50 bits per heavy atom. The van der Waals surface area contributed by atoms with Gasteiger partial charge >= 0.3 is 0 Å². The molecule has 0 aromatic heterocycles. The number of hydrogen-bond acceptors (Lipinski definition) is 4. The van der Waals surface area contributed by atoms with E-state index in [1.54, 1.807) is 6.07 Å². The number of rotatable bonds is 5. The highest BCUT2D eigenvalue weighted by Gasteiger charge is 2.23. The van der Waals surface area contributed by atoms with E-state index in [9.17, 15) is 14.9 Å². The summed E-state index contributed by atoms with van der Waals surface area (Å²) in [4.78, 5) is 24.6. The van der Waals surface area contributed by atoms with Crippen LogP contribution in [0.2, 0.25) is 5.02 Å². The van der Waals surface area contributed by atoms with Crippen LogP contribution in [0.3, 0.4) is 0 Å². The molecular formula is C19H20ClN3O3. The first kappa shape index (κ1) is 18.2. The molecule has 0 spiro atoms. The van der Waals surface area contributed by atoms with Crippen molar-refractivity contribution >= 4 is 28.9 Å². The zero-order chi connectivity index (χ0) is 18.5. The van der Waals surface area contributed by atoms with E-state index in [4.69, 9.17) is 11.6 Å².